The van der Waals surface area contributed by atoms with Crippen molar-refractivity contribution < 1.29 is 24.3 Å². The summed E-state index contributed by atoms with van der Waals surface area (Å²) in [6, 6.07) is 18.9. The number of amides is 1. The van der Waals surface area contributed by atoms with Crippen LogP contribution in [-0.2, 0) is 16.7 Å². The third-order valence-electron chi connectivity index (χ3n) is 7.42. The summed E-state index contributed by atoms with van der Waals surface area (Å²) in [7, 11) is 0. The van der Waals surface area contributed by atoms with E-state index in [-0.39, 0.29) is 34.3 Å². The second kappa shape index (κ2) is 11.8. The average molecular weight is 556 g/mol. The molecule has 1 aromatic heterocycles. The van der Waals surface area contributed by atoms with Crippen molar-refractivity contribution in [1.29, 1.82) is 0 Å². The molecule has 0 unspecified atom stereocenters. The Morgan fingerprint density at radius 2 is 1.56 bits per heavy atom. The summed E-state index contributed by atoms with van der Waals surface area (Å²) in [5, 5.41) is 28.7. The van der Waals surface area contributed by atoms with Crippen molar-refractivity contribution in [1.82, 2.24) is 15.4 Å². The van der Waals surface area contributed by atoms with Crippen molar-refractivity contribution in [3.63, 3.8) is 0 Å². The van der Waals surface area contributed by atoms with Gasteiger partial charge in [0.05, 0.1) is 24.3 Å². The normalized spacial score (nSPS) is 14.2. The number of nitrogens with one attached hydrogen (secondary N) is 1. The molecule has 4 aromatic rings. The van der Waals surface area contributed by atoms with Gasteiger partial charge < -0.3 is 24.8 Å². The molecule has 0 aliphatic carbocycles. The third-order valence-corrected chi connectivity index (χ3v) is 7.42. The maximum absolute atomic E-state index is 13.0. The summed E-state index contributed by atoms with van der Waals surface area (Å²) in [5.74, 6) is -0.364. The zero-order valence-electron chi connectivity index (χ0n) is 24.0. The molecule has 0 atom stereocenters. The van der Waals surface area contributed by atoms with Gasteiger partial charge in [-0.1, -0.05) is 74.5 Å². The summed E-state index contributed by atoms with van der Waals surface area (Å²) in [4.78, 5) is 15.3. The van der Waals surface area contributed by atoms with Gasteiger partial charge in [-0.15, -0.1) is 0 Å². The molecule has 1 saturated heterocycles. The van der Waals surface area contributed by atoms with E-state index in [1.165, 1.54) is 11.6 Å². The smallest absolute Gasteiger partial charge is 0.274 e. The molecule has 0 bridgehead atoms. The zero-order chi connectivity index (χ0) is 29.1. The summed E-state index contributed by atoms with van der Waals surface area (Å²) in [6.45, 7) is 12.7. The molecule has 5 rings (SSSR count). The van der Waals surface area contributed by atoms with Crippen molar-refractivity contribution in [2.45, 2.75) is 39.7 Å². The van der Waals surface area contributed by atoms with Gasteiger partial charge in [0.1, 0.15) is 11.5 Å². The second-order valence-electron chi connectivity index (χ2n) is 11.4. The number of benzene rings is 3. The average Bonchev–Trinajstić information content (AvgIpc) is 3.39. The lowest BCUT2D eigenvalue weighted by atomic mass is 9.86. The van der Waals surface area contributed by atoms with E-state index in [1.807, 2.05) is 55.5 Å². The highest BCUT2D eigenvalue weighted by Crippen LogP contribution is 2.44. The highest BCUT2D eigenvalue weighted by atomic mass is 16.5. The minimum atomic E-state index is -0.369. The van der Waals surface area contributed by atoms with Crippen LogP contribution in [0.4, 0.5) is 0 Å². The van der Waals surface area contributed by atoms with E-state index in [1.54, 1.807) is 6.07 Å². The number of ether oxygens (including phenoxy) is 1. The molecule has 0 spiro atoms. The van der Waals surface area contributed by atoms with Crippen molar-refractivity contribution >= 4 is 5.91 Å². The minimum absolute atomic E-state index is 0.0113. The third kappa shape index (κ3) is 6.14. The van der Waals surface area contributed by atoms with Crippen LogP contribution < -0.4 is 5.32 Å². The number of aromatic hydroxyl groups is 2. The second-order valence-corrected chi connectivity index (χ2v) is 11.4. The quantitative estimate of drug-likeness (QED) is 0.258. The van der Waals surface area contributed by atoms with Crippen LogP contribution in [0.5, 0.6) is 11.5 Å². The lowest BCUT2D eigenvalue weighted by molar-refractivity contribution is 0.0342. The van der Waals surface area contributed by atoms with Crippen molar-refractivity contribution in [3.05, 3.63) is 77.5 Å². The number of phenols is 2. The lowest BCUT2D eigenvalue weighted by Crippen LogP contribution is -2.35. The largest absolute Gasteiger partial charge is 0.507 e. The zero-order valence-corrected chi connectivity index (χ0v) is 24.0. The van der Waals surface area contributed by atoms with Gasteiger partial charge in [-0.05, 0) is 40.7 Å². The van der Waals surface area contributed by atoms with Gasteiger partial charge in [0.15, 0.2) is 11.5 Å². The predicted molar refractivity (Wildman–Crippen MR) is 159 cm³/mol. The number of morpholine rings is 1. The Hall–Kier alpha value is -4.14. The first-order chi connectivity index (χ1) is 19.7. The first-order valence-electron chi connectivity index (χ1n) is 14.0. The fourth-order valence-electron chi connectivity index (χ4n) is 5.08. The molecule has 8 heteroatoms. The summed E-state index contributed by atoms with van der Waals surface area (Å²) >= 11 is 0. The molecule has 3 N–H and O–H groups in total. The van der Waals surface area contributed by atoms with Crippen LogP contribution in [-0.4, -0.2) is 59.0 Å². The first kappa shape index (κ1) is 28.4. The molecule has 0 saturated carbocycles. The lowest BCUT2D eigenvalue weighted by Gasteiger charge is -2.26. The van der Waals surface area contributed by atoms with Crippen LogP contribution in [0, 0.1) is 0 Å². The van der Waals surface area contributed by atoms with Gasteiger partial charge in [0, 0.05) is 37.8 Å². The predicted octanol–water partition coefficient (Wildman–Crippen LogP) is 5.97. The molecule has 8 nitrogen and oxygen atoms in total. The van der Waals surface area contributed by atoms with Gasteiger partial charge in [-0.2, -0.15) is 0 Å². The van der Waals surface area contributed by atoms with Crippen LogP contribution in [0.1, 0.15) is 49.3 Å². The number of hydrogen-bond acceptors (Lipinski definition) is 7. The van der Waals surface area contributed by atoms with Gasteiger partial charge in [0.2, 0.25) is 0 Å². The topological polar surface area (TPSA) is 108 Å². The fourth-order valence-corrected chi connectivity index (χ4v) is 5.08. The number of hydrogen-bond donors (Lipinski definition) is 3. The molecular formula is C33H37N3O5. The molecule has 3 aromatic carbocycles. The van der Waals surface area contributed by atoms with Gasteiger partial charge >= 0.3 is 0 Å². The maximum Gasteiger partial charge on any atom is 0.274 e. The van der Waals surface area contributed by atoms with Crippen molar-refractivity contribution in [3.8, 4) is 45.1 Å². The summed E-state index contributed by atoms with van der Waals surface area (Å²) < 4.78 is 11.2. The van der Waals surface area contributed by atoms with Crippen LogP contribution in [0.15, 0.2) is 65.2 Å². The van der Waals surface area contributed by atoms with Gasteiger partial charge in [-0.3, -0.25) is 9.69 Å². The molecule has 1 aliphatic rings. The molecule has 1 aliphatic heterocycles. The van der Waals surface area contributed by atoms with E-state index < -0.39 is 0 Å². The highest BCUT2D eigenvalue weighted by molar-refractivity contribution is 6.03. The SMILES string of the molecule is CCNC(=O)c1noc(-c2cc(-c3ccc(C(C)(C)C)cc3)c(O)cc2O)c1-c1ccc(CN2CCOCC2)cc1. The molecular weight excluding hydrogens is 518 g/mol. The number of rotatable bonds is 7. The van der Waals surface area contributed by atoms with E-state index in [2.05, 4.69) is 36.1 Å². The molecule has 1 amide bonds. The van der Waals surface area contributed by atoms with Gasteiger partial charge in [0.25, 0.3) is 5.91 Å². The van der Waals surface area contributed by atoms with E-state index in [0.29, 0.717) is 23.2 Å². The van der Waals surface area contributed by atoms with Crippen molar-refractivity contribution in [2.75, 3.05) is 32.8 Å². The van der Waals surface area contributed by atoms with E-state index >= 15 is 0 Å². The number of nitrogens with zero attached hydrogens (tertiary/aromatic N) is 2. The standard InChI is InChI=1S/C33H37N3O5/c1-5-34-32(39)30-29(23-8-6-21(7-9-23)20-36-14-16-40-17-15-36)31(41-35-30)26-18-25(27(37)19-28(26)38)22-10-12-24(13-11-22)33(2,3)4/h6-13,18-19,37-38H,5,14-17,20H2,1-4H3,(H,34,39). The van der Waals surface area contributed by atoms with Crippen molar-refractivity contribution in [2.24, 2.45) is 0 Å². The summed E-state index contributed by atoms with van der Waals surface area (Å²) in [6.07, 6.45) is 0. The Labute approximate surface area is 240 Å². The number of carbonyl (C=O) groups is 1. The van der Waals surface area contributed by atoms with Crippen LogP contribution in [0.3, 0.4) is 0 Å². The molecule has 2 heterocycles. The van der Waals surface area contributed by atoms with Crippen LogP contribution in [0.2, 0.25) is 0 Å². The Morgan fingerprint density at radius 3 is 2.20 bits per heavy atom. The Balaban J connectivity index is 1.56. The van der Waals surface area contributed by atoms with E-state index in [4.69, 9.17) is 9.26 Å². The molecule has 41 heavy (non-hydrogen) atoms. The van der Waals surface area contributed by atoms with Gasteiger partial charge in [-0.25, -0.2) is 0 Å². The summed E-state index contributed by atoms with van der Waals surface area (Å²) in [5.41, 5.74) is 5.28. The Morgan fingerprint density at radius 1 is 0.927 bits per heavy atom. The van der Waals surface area contributed by atoms with E-state index in [0.717, 1.165) is 49.5 Å². The number of phenolic OH excluding ortho intramolecular Hbond substituents is 2. The number of aromatic nitrogens is 1. The fraction of sp³-hybridized carbons (Fsp3) is 0.333. The number of carbonyl (C=O) groups excluding carboxylic acids is 1. The minimum Gasteiger partial charge on any atom is -0.507 e. The molecule has 214 valence electrons. The highest BCUT2D eigenvalue weighted by Gasteiger charge is 2.27. The Kier molecular flexibility index (Phi) is 8.15. The van der Waals surface area contributed by atoms with E-state index in [9.17, 15) is 15.0 Å². The first-order valence-corrected chi connectivity index (χ1v) is 14.0. The van der Waals surface area contributed by atoms with Crippen LogP contribution in [0.25, 0.3) is 33.6 Å². The molecule has 1 fully saturated rings. The molecule has 0 radical (unpaired) electrons. The monoisotopic (exact) mass is 555 g/mol. The van der Waals surface area contributed by atoms with Crippen LogP contribution >= 0.6 is 0 Å². The Bertz CT molecular complexity index is 1510. The maximum atomic E-state index is 13.0.